The number of pyridine rings is 1. The van der Waals surface area contributed by atoms with Gasteiger partial charge in [-0.2, -0.15) is 5.10 Å². The smallest absolute Gasteiger partial charge is 0.333 e. The number of amides is 1. The molecule has 1 aliphatic carbocycles. The molecule has 0 spiro atoms. The van der Waals surface area contributed by atoms with Crippen LogP contribution in [0.15, 0.2) is 59.5 Å². The monoisotopic (exact) mass is 599 g/mol. The number of carbonyl (C=O) groups is 1. The second kappa shape index (κ2) is 12.0. The molecule has 0 bridgehead atoms. The zero-order valence-corrected chi connectivity index (χ0v) is 25.9. The molecule has 9 nitrogen and oxygen atoms in total. The van der Waals surface area contributed by atoms with Crippen LogP contribution in [-0.4, -0.2) is 61.4 Å². The molecule has 0 saturated heterocycles. The summed E-state index contributed by atoms with van der Waals surface area (Å²) in [6, 6.07) is 16.0. The van der Waals surface area contributed by atoms with Crippen LogP contribution in [0.5, 0.6) is 0 Å². The van der Waals surface area contributed by atoms with Gasteiger partial charge in [-0.1, -0.05) is 23.7 Å². The van der Waals surface area contributed by atoms with Gasteiger partial charge in [0.25, 0.3) is 5.91 Å². The number of rotatable bonds is 8. The van der Waals surface area contributed by atoms with E-state index in [0.29, 0.717) is 28.7 Å². The van der Waals surface area contributed by atoms with Crippen molar-refractivity contribution in [1.82, 2.24) is 34.1 Å². The van der Waals surface area contributed by atoms with Crippen molar-refractivity contribution < 1.29 is 4.79 Å². The first-order valence-electron chi connectivity index (χ1n) is 14.9. The van der Waals surface area contributed by atoms with E-state index in [4.69, 9.17) is 16.7 Å². The molecule has 1 amide bonds. The molecule has 43 heavy (non-hydrogen) atoms. The van der Waals surface area contributed by atoms with Crippen LogP contribution in [0.2, 0.25) is 5.02 Å². The predicted molar refractivity (Wildman–Crippen MR) is 171 cm³/mol. The summed E-state index contributed by atoms with van der Waals surface area (Å²) in [6.07, 6.45) is 5.15. The van der Waals surface area contributed by atoms with Crippen LogP contribution in [0.3, 0.4) is 0 Å². The molecule has 1 fully saturated rings. The van der Waals surface area contributed by atoms with Gasteiger partial charge in [0.2, 0.25) is 0 Å². The molecule has 6 rings (SSSR count). The number of nitrogens with zero attached hydrogens (tertiary/aromatic N) is 6. The molecule has 1 aliphatic rings. The topological polar surface area (TPSA) is 90.0 Å². The lowest BCUT2D eigenvalue weighted by Gasteiger charge is -2.29. The molecular formula is C33H38ClN7O2. The molecule has 1 saturated carbocycles. The zero-order chi connectivity index (χ0) is 30.2. The van der Waals surface area contributed by atoms with Crippen molar-refractivity contribution in [3.63, 3.8) is 0 Å². The number of hydrogen-bond donors (Lipinski definition) is 1. The standard InChI is InChI=1S/C33H38ClN7O2/c1-21-28(17-24(34)19-35-21)32(42)36-25-11-9-23(10-12-25)20-39-30-7-5-6-8-31(30)41(33(39)43)26-13-14-29-27(18-26)22(2)37-40(29)16-15-38(3)4/h5-8,13-14,17-19,23,25H,9-12,15-16,20H2,1-4H3,(H,36,42)/t23-,25-. The van der Waals surface area contributed by atoms with Crippen molar-refractivity contribution in [2.24, 2.45) is 5.92 Å². The second-order valence-electron chi connectivity index (χ2n) is 12.0. The van der Waals surface area contributed by atoms with Gasteiger partial charge < -0.3 is 10.2 Å². The van der Waals surface area contributed by atoms with Crippen LogP contribution in [-0.2, 0) is 13.1 Å². The summed E-state index contributed by atoms with van der Waals surface area (Å²) in [7, 11) is 4.12. The lowest BCUT2D eigenvalue weighted by atomic mass is 9.85. The number of fused-ring (bicyclic) bond motifs is 2. The largest absolute Gasteiger partial charge is 0.349 e. The third kappa shape index (κ3) is 5.84. The van der Waals surface area contributed by atoms with E-state index in [0.717, 1.165) is 72.1 Å². The van der Waals surface area contributed by atoms with Gasteiger partial charge >= 0.3 is 5.69 Å². The average Bonchev–Trinajstić information content (AvgIpc) is 3.46. The van der Waals surface area contributed by atoms with E-state index in [2.05, 4.69) is 41.4 Å². The quantitative estimate of drug-likeness (QED) is 0.259. The van der Waals surface area contributed by atoms with Gasteiger partial charge in [0.1, 0.15) is 0 Å². The minimum atomic E-state index is -0.134. The highest BCUT2D eigenvalue weighted by molar-refractivity contribution is 6.30. The normalized spacial score (nSPS) is 17.3. The van der Waals surface area contributed by atoms with Gasteiger partial charge in [0.15, 0.2) is 0 Å². The summed E-state index contributed by atoms with van der Waals surface area (Å²) >= 11 is 6.07. The number of carbonyl (C=O) groups excluding carboxylic acids is 1. The molecule has 3 heterocycles. The Kier molecular flexibility index (Phi) is 8.11. The summed E-state index contributed by atoms with van der Waals surface area (Å²) in [5.74, 6) is 0.213. The Balaban J connectivity index is 1.21. The Hall–Kier alpha value is -3.95. The maximum Gasteiger partial charge on any atom is 0.333 e. The van der Waals surface area contributed by atoms with Crippen LogP contribution < -0.4 is 11.0 Å². The Morgan fingerprint density at radius 2 is 1.74 bits per heavy atom. The van der Waals surface area contributed by atoms with E-state index >= 15 is 0 Å². The minimum absolute atomic E-state index is 0.0300. The van der Waals surface area contributed by atoms with Crippen molar-refractivity contribution in [2.45, 2.75) is 58.7 Å². The maximum absolute atomic E-state index is 14.0. The number of nitrogens with one attached hydrogen (secondary N) is 1. The van der Waals surface area contributed by atoms with Crippen LogP contribution in [0, 0.1) is 19.8 Å². The van der Waals surface area contributed by atoms with Gasteiger partial charge in [-0.3, -0.25) is 23.6 Å². The van der Waals surface area contributed by atoms with Gasteiger partial charge in [0.05, 0.1) is 50.8 Å². The van der Waals surface area contributed by atoms with Crippen molar-refractivity contribution in [1.29, 1.82) is 0 Å². The first kappa shape index (κ1) is 29.1. The van der Waals surface area contributed by atoms with Gasteiger partial charge in [-0.15, -0.1) is 0 Å². The van der Waals surface area contributed by atoms with E-state index in [9.17, 15) is 9.59 Å². The van der Waals surface area contributed by atoms with Crippen LogP contribution in [0.4, 0.5) is 0 Å². The number of likely N-dealkylation sites (N-methyl/N-ethyl adjacent to an activating group) is 1. The highest BCUT2D eigenvalue weighted by Gasteiger charge is 2.26. The fourth-order valence-electron chi connectivity index (χ4n) is 6.31. The molecule has 0 atom stereocenters. The number of benzene rings is 2. The fourth-order valence-corrected chi connectivity index (χ4v) is 6.47. The van der Waals surface area contributed by atoms with Crippen LogP contribution in [0.25, 0.3) is 27.6 Å². The average molecular weight is 600 g/mol. The molecule has 5 aromatic rings. The summed E-state index contributed by atoms with van der Waals surface area (Å²) in [6.45, 7) is 6.19. The Morgan fingerprint density at radius 3 is 2.49 bits per heavy atom. The number of para-hydroxylation sites is 2. The third-order valence-electron chi connectivity index (χ3n) is 8.69. The molecule has 10 heteroatoms. The minimum Gasteiger partial charge on any atom is -0.349 e. The predicted octanol–water partition coefficient (Wildman–Crippen LogP) is 5.36. The second-order valence-corrected chi connectivity index (χ2v) is 12.4. The van der Waals surface area contributed by atoms with Crippen molar-refractivity contribution >= 4 is 39.4 Å². The molecule has 1 N–H and O–H groups in total. The molecule has 224 valence electrons. The van der Waals surface area contributed by atoms with Crippen LogP contribution >= 0.6 is 11.6 Å². The number of aryl methyl sites for hydroxylation is 2. The number of imidazole rings is 1. The zero-order valence-electron chi connectivity index (χ0n) is 25.2. The van der Waals surface area contributed by atoms with Crippen LogP contribution in [0.1, 0.15) is 47.4 Å². The SMILES string of the molecule is Cc1ncc(Cl)cc1C(=O)N[C@H]1CC[C@H](Cn2c(=O)n(-c3ccc4c(c3)c(C)nn4CCN(C)C)c3ccccc32)CC1. The van der Waals surface area contributed by atoms with E-state index < -0.39 is 0 Å². The summed E-state index contributed by atoms with van der Waals surface area (Å²) in [4.78, 5) is 33.3. The maximum atomic E-state index is 14.0. The number of hydrogen-bond acceptors (Lipinski definition) is 5. The van der Waals surface area contributed by atoms with Crippen molar-refractivity contribution in [2.75, 3.05) is 20.6 Å². The van der Waals surface area contributed by atoms with Crippen molar-refractivity contribution in [3.05, 3.63) is 87.2 Å². The highest BCUT2D eigenvalue weighted by Crippen LogP contribution is 2.29. The summed E-state index contributed by atoms with van der Waals surface area (Å²) in [5.41, 5.74) is 5.87. The summed E-state index contributed by atoms with van der Waals surface area (Å²) in [5, 5.41) is 9.46. The Morgan fingerprint density at radius 1 is 1.00 bits per heavy atom. The fraction of sp³-hybridized carbons (Fsp3) is 0.394. The lowest BCUT2D eigenvalue weighted by molar-refractivity contribution is 0.0919. The Labute approximate surface area is 256 Å². The Bertz CT molecular complexity index is 1860. The van der Waals surface area contributed by atoms with Gasteiger partial charge in [0, 0.05) is 30.7 Å². The molecular weight excluding hydrogens is 562 g/mol. The van der Waals surface area contributed by atoms with Crippen molar-refractivity contribution in [3.8, 4) is 5.69 Å². The molecule has 2 aromatic carbocycles. The molecule has 3 aromatic heterocycles. The lowest BCUT2D eigenvalue weighted by Crippen LogP contribution is -2.39. The highest BCUT2D eigenvalue weighted by atomic mass is 35.5. The molecule has 0 radical (unpaired) electrons. The number of aromatic nitrogens is 5. The van der Waals surface area contributed by atoms with E-state index in [-0.39, 0.29) is 17.6 Å². The third-order valence-corrected chi connectivity index (χ3v) is 8.90. The molecule has 0 unspecified atom stereocenters. The summed E-state index contributed by atoms with van der Waals surface area (Å²) < 4.78 is 5.81. The van der Waals surface area contributed by atoms with Gasteiger partial charge in [-0.05, 0) is 95.9 Å². The molecule has 0 aliphatic heterocycles. The van der Waals surface area contributed by atoms with E-state index in [1.165, 1.54) is 0 Å². The first-order chi connectivity index (χ1) is 20.7. The van der Waals surface area contributed by atoms with Gasteiger partial charge in [-0.25, -0.2) is 4.79 Å². The van der Waals surface area contributed by atoms with E-state index in [1.54, 1.807) is 12.3 Å². The van der Waals surface area contributed by atoms with E-state index in [1.807, 2.05) is 58.0 Å². The first-order valence-corrected chi connectivity index (χ1v) is 15.3. The number of halogens is 1.